The minimum absolute atomic E-state index is 0.00358. The van der Waals surface area contributed by atoms with Crippen LogP contribution in [-0.2, 0) is 14.9 Å². The number of rotatable bonds is 5. The van der Waals surface area contributed by atoms with Crippen LogP contribution < -0.4 is 0 Å². The lowest BCUT2D eigenvalue weighted by Crippen LogP contribution is -2.66. The number of allylic oxidation sites excluding steroid dienone is 2. The lowest BCUT2D eigenvalue weighted by Gasteiger charge is -2.69. The third-order valence-corrected chi connectivity index (χ3v) is 23.8. The minimum atomic E-state index is 0.00358. The summed E-state index contributed by atoms with van der Waals surface area (Å²) in [5.74, 6) is 26.9. The summed E-state index contributed by atoms with van der Waals surface area (Å²) in [4.78, 5) is 12.7. The van der Waals surface area contributed by atoms with E-state index in [1.54, 1.807) is 64.0 Å². The molecule has 1 aromatic carbocycles. The molecule has 1 spiro atoms. The standard InChI is InChI=1S/C49H58O2/c1-51-30(50)8-5-11-48(28-6-3-2-4-7-28)29-18-26-16-23-13-21-10-9-20-12-22-14-24-15-25-17-27-19-49(29,48)47-38(26)42-36(23)40-32(21)31(20)39-33(22)34(24)41-35(25)37(27)46(47)45(42)44(41)43(39)40/h2-4,6-7,18,20-25,27,29,31-47H,5,8-17,19H2,1H3. The van der Waals surface area contributed by atoms with Crippen molar-refractivity contribution in [1.29, 1.82) is 0 Å². The maximum absolute atomic E-state index is 12.7. The van der Waals surface area contributed by atoms with Crippen molar-refractivity contribution in [3.05, 3.63) is 47.5 Å². The SMILES string of the molecule is COC(=O)CCCC1(c2ccccc2)C2C=C3CC4CC5CCC6CC7CC8CC9CC%10CC21C1C3C2C4C3C5C6C4C7C8C5C9C%10C1C2C5C43. The molecule has 0 radical (unpaired) electrons. The van der Waals surface area contributed by atoms with Gasteiger partial charge in [-0.25, -0.2) is 0 Å². The van der Waals surface area contributed by atoms with Crippen LogP contribution in [0.2, 0.25) is 0 Å². The van der Waals surface area contributed by atoms with Crippen molar-refractivity contribution in [3.8, 4) is 0 Å². The molecule has 16 rings (SSSR count). The maximum atomic E-state index is 12.7. The Bertz CT molecular complexity index is 1850. The Morgan fingerprint density at radius 1 is 0.647 bits per heavy atom. The second kappa shape index (κ2) is 8.47. The van der Waals surface area contributed by atoms with E-state index in [0.29, 0.717) is 17.8 Å². The molecule has 14 fully saturated rings. The highest BCUT2D eigenvalue weighted by molar-refractivity contribution is 5.69. The van der Waals surface area contributed by atoms with Gasteiger partial charge in [0.05, 0.1) is 7.11 Å². The van der Waals surface area contributed by atoms with E-state index in [9.17, 15) is 4.79 Å². The summed E-state index contributed by atoms with van der Waals surface area (Å²) in [6, 6.07) is 12.1. The molecular formula is C49H58O2. The minimum Gasteiger partial charge on any atom is -0.469 e. The van der Waals surface area contributed by atoms with Gasteiger partial charge in [-0.1, -0.05) is 42.0 Å². The first kappa shape index (κ1) is 27.9. The van der Waals surface area contributed by atoms with E-state index in [1.807, 2.05) is 5.57 Å². The fourth-order valence-corrected chi connectivity index (χ4v) is 24.7. The van der Waals surface area contributed by atoms with E-state index in [-0.39, 0.29) is 11.4 Å². The van der Waals surface area contributed by atoms with Gasteiger partial charge in [0, 0.05) is 11.8 Å². The van der Waals surface area contributed by atoms with Gasteiger partial charge < -0.3 is 4.74 Å². The van der Waals surface area contributed by atoms with Gasteiger partial charge in [0.2, 0.25) is 0 Å². The van der Waals surface area contributed by atoms with Gasteiger partial charge in [-0.3, -0.25) is 4.79 Å². The van der Waals surface area contributed by atoms with Gasteiger partial charge in [-0.2, -0.15) is 0 Å². The summed E-state index contributed by atoms with van der Waals surface area (Å²) >= 11 is 0. The fourth-order valence-electron chi connectivity index (χ4n) is 24.7. The van der Waals surface area contributed by atoms with Crippen LogP contribution in [0.4, 0.5) is 0 Å². The summed E-state index contributed by atoms with van der Waals surface area (Å²) in [6.07, 6.45) is 20.4. The van der Waals surface area contributed by atoms with Crippen molar-refractivity contribution in [1.82, 2.24) is 0 Å². The molecule has 27 unspecified atom stereocenters. The zero-order valence-corrected chi connectivity index (χ0v) is 30.7. The lowest BCUT2D eigenvalue weighted by molar-refractivity contribution is -0.223. The van der Waals surface area contributed by atoms with E-state index in [4.69, 9.17) is 4.74 Å². The number of carbonyl (C=O) groups is 1. The van der Waals surface area contributed by atoms with E-state index < -0.39 is 0 Å². The lowest BCUT2D eigenvalue weighted by atomic mass is 9.35. The Morgan fingerprint density at radius 2 is 1.20 bits per heavy atom. The molecule has 15 aliphatic carbocycles. The summed E-state index contributed by atoms with van der Waals surface area (Å²) in [5.41, 5.74) is 4.38. The maximum Gasteiger partial charge on any atom is 0.305 e. The molecule has 0 bridgehead atoms. The third kappa shape index (κ3) is 2.60. The Morgan fingerprint density at radius 3 is 1.88 bits per heavy atom. The topological polar surface area (TPSA) is 26.3 Å². The molecule has 0 saturated heterocycles. The molecule has 2 nitrogen and oxygen atoms in total. The monoisotopic (exact) mass is 678 g/mol. The molecule has 266 valence electrons. The van der Waals surface area contributed by atoms with Crippen molar-refractivity contribution < 1.29 is 9.53 Å². The average Bonchev–Trinajstić information content (AvgIpc) is 3.68. The first-order valence-corrected chi connectivity index (χ1v) is 23.0. The highest BCUT2D eigenvalue weighted by atomic mass is 16.5. The van der Waals surface area contributed by atoms with Crippen LogP contribution in [0.3, 0.4) is 0 Å². The molecular weight excluding hydrogens is 621 g/mol. The average molecular weight is 679 g/mol. The second-order valence-electron chi connectivity index (χ2n) is 23.2. The molecule has 2 heteroatoms. The van der Waals surface area contributed by atoms with Gasteiger partial charge in [0.15, 0.2) is 0 Å². The Balaban J connectivity index is 0.951. The largest absolute Gasteiger partial charge is 0.469 e. The molecule has 1 aromatic rings. The number of carbonyl (C=O) groups excluding carboxylic acids is 1. The van der Waals surface area contributed by atoms with Gasteiger partial charge in [-0.15, -0.1) is 0 Å². The number of methoxy groups -OCH3 is 1. The molecule has 0 heterocycles. The van der Waals surface area contributed by atoms with Gasteiger partial charge in [0.25, 0.3) is 0 Å². The van der Waals surface area contributed by atoms with Crippen LogP contribution in [0, 0.1) is 153 Å². The Labute approximate surface area is 305 Å². The summed E-state index contributed by atoms with van der Waals surface area (Å²) in [6.45, 7) is 0. The smallest absolute Gasteiger partial charge is 0.305 e. The highest BCUT2D eigenvalue weighted by Gasteiger charge is 2.90. The number of benzene rings is 1. The van der Waals surface area contributed by atoms with E-state index in [0.717, 1.165) is 137 Å². The summed E-state index contributed by atoms with van der Waals surface area (Å²) in [5, 5.41) is 0. The molecule has 51 heavy (non-hydrogen) atoms. The van der Waals surface area contributed by atoms with Crippen molar-refractivity contribution in [2.45, 2.75) is 82.5 Å². The zero-order chi connectivity index (χ0) is 32.6. The van der Waals surface area contributed by atoms with Gasteiger partial charge in [0.1, 0.15) is 0 Å². The summed E-state index contributed by atoms with van der Waals surface area (Å²) in [7, 11) is 1.60. The van der Waals surface area contributed by atoms with Crippen molar-refractivity contribution in [3.63, 3.8) is 0 Å². The first-order chi connectivity index (χ1) is 25.1. The number of hydrogen-bond donors (Lipinski definition) is 0. The van der Waals surface area contributed by atoms with Crippen LogP contribution in [-0.4, -0.2) is 13.1 Å². The van der Waals surface area contributed by atoms with Gasteiger partial charge in [-0.05, 0) is 230 Å². The van der Waals surface area contributed by atoms with Gasteiger partial charge >= 0.3 is 5.97 Å². The second-order valence-corrected chi connectivity index (χ2v) is 23.2. The molecule has 0 aromatic heterocycles. The molecule has 0 amide bonds. The molecule has 0 aliphatic heterocycles. The van der Waals surface area contributed by atoms with Crippen LogP contribution in [0.15, 0.2) is 42.0 Å². The van der Waals surface area contributed by atoms with Crippen LogP contribution >= 0.6 is 0 Å². The fraction of sp³-hybridized carbons (Fsp3) is 0.816. The molecule has 0 N–H and O–H groups in total. The van der Waals surface area contributed by atoms with Crippen LogP contribution in [0.25, 0.3) is 0 Å². The van der Waals surface area contributed by atoms with Crippen molar-refractivity contribution in [2.75, 3.05) is 7.11 Å². The predicted octanol–water partition coefficient (Wildman–Crippen LogP) is 9.30. The van der Waals surface area contributed by atoms with Crippen LogP contribution in [0.5, 0.6) is 0 Å². The van der Waals surface area contributed by atoms with Crippen molar-refractivity contribution >= 4 is 5.97 Å². The quantitative estimate of drug-likeness (QED) is 0.229. The zero-order valence-electron chi connectivity index (χ0n) is 30.7. The number of hydrogen-bond acceptors (Lipinski definition) is 2. The Hall–Kier alpha value is -1.57. The number of ether oxygens (including phenoxy) is 1. The molecule has 27 atom stereocenters. The van der Waals surface area contributed by atoms with E-state index in [2.05, 4.69) is 36.4 Å². The normalized spacial score (nSPS) is 68.2. The first-order valence-electron chi connectivity index (χ1n) is 23.0. The highest BCUT2D eigenvalue weighted by Crippen LogP contribution is 2.94. The number of esters is 1. The molecule has 15 aliphatic rings. The van der Waals surface area contributed by atoms with Crippen molar-refractivity contribution in [2.24, 2.45) is 153 Å². The summed E-state index contributed by atoms with van der Waals surface area (Å²) < 4.78 is 5.26. The van der Waals surface area contributed by atoms with E-state index in [1.165, 1.54) is 24.7 Å². The van der Waals surface area contributed by atoms with Crippen LogP contribution in [0.1, 0.15) is 82.6 Å². The third-order valence-electron chi connectivity index (χ3n) is 23.8. The predicted molar refractivity (Wildman–Crippen MR) is 193 cm³/mol. The Kier molecular flexibility index (Phi) is 4.64. The molecule has 14 saturated carbocycles. The van der Waals surface area contributed by atoms with E-state index >= 15 is 0 Å².